The summed E-state index contributed by atoms with van der Waals surface area (Å²) in [5.74, 6) is 3.49. The van der Waals surface area contributed by atoms with E-state index in [1.165, 1.54) is 0 Å². The molecule has 0 saturated carbocycles. The predicted octanol–water partition coefficient (Wildman–Crippen LogP) is 1.18. The molecule has 8 heteroatoms. The van der Waals surface area contributed by atoms with E-state index >= 15 is 0 Å². The van der Waals surface area contributed by atoms with Crippen LogP contribution < -0.4 is 14.7 Å². The maximum absolute atomic E-state index is 4.67. The lowest BCUT2D eigenvalue weighted by atomic mass is 10.2. The normalized spacial score (nSPS) is 15.0. The van der Waals surface area contributed by atoms with Crippen LogP contribution in [0.3, 0.4) is 0 Å². The first-order valence-electron chi connectivity index (χ1n) is 8.24. The molecule has 1 saturated heterocycles. The summed E-state index contributed by atoms with van der Waals surface area (Å²) in [6, 6.07) is 0. The number of anilines is 3. The summed E-state index contributed by atoms with van der Waals surface area (Å²) in [5, 5.41) is 0. The third-order valence-electron chi connectivity index (χ3n) is 3.98. The van der Waals surface area contributed by atoms with Gasteiger partial charge in [0.05, 0.1) is 6.20 Å². The maximum atomic E-state index is 4.67. The van der Waals surface area contributed by atoms with Crippen molar-refractivity contribution in [2.75, 3.05) is 55.0 Å². The second-order valence-electron chi connectivity index (χ2n) is 6.38. The monoisotopic (exact) mass is 328 g/mol. The maximum Gasteiger partial charge on any atom is 0.230 e. The summed E-state index contributed by atoms with van der Waals surface area (Å²) in [4.78, 5) is 28.7. The van der Waals surface area contributed by atoms with Crippen LogP contribution in [0.15, 0.2) is 18.6 Å². The molecule has 0 atom stereocenters. The van der Waals surface area contributed by atoms with E-state index in [0.717, 1.165) is 43.8 Å². The minimum Gasteiger partial charge on any atom is -0.352 e. The second kappa shape index (κ2) is 6.94. The summed E-state index contributed by atoms with van der Waals surface area (Å²) in [6.07, 6.45) is 5.23. The molecular weight excluding hydrogens is 304 g/mol. The minimum atomic E-state index is 0.270. The van der Waals surface area contributed by atoms with E-state index in [2.05, 4.69) is 48.6 Å². The zero-order valence-electron chi connectivity index (χ0n) is 14.7. The molecule has 8 nitrogen and oxygen atoms in total. The van der Waals surface area contributed by atoms with Gasteiger partial charge >= 0.3 is 0 Å². The topological polar surface area (TPSA) is 74.2 Å². The zero-order valence-corrected chi connectivity index (χ0v) is 14.7. The Bertz CT molecular complexity index is 639. The van der Waals surface area contributed by atoms with Gasteiger partial charge in [0.15, 0.2) is 0 Å². The lowest BCUT2D eigenvalue weighted by Gasteiger charge is -2.35. The molecule has 24 heavy (non-hydrogen) atoms. The largest absolute Gasteiger partial charge is 0.352 e. The van der Waals surface area contributed by atoms with E-state index in [1.807, 2.05) is 19.0 Å². The van der Waals surface area contributed by atoms with Crippen molar-refractivity contribution in [2.45, 2.75) is 19.8 Å². The Morgan fingerprint density at radius 1 is 0.958 bits per heavy atom. The standard InChI is InChI=1S/C16H24N8/c1-12(2)14-19-15(22(3)4)21-16(20-14)24-9-7-23(8-10-24)13-11-17-5-6-18-13/h5-6,11-12H,7-10H2,1-4H3. The molecule has 0 spiro atoms. The molecule has 1 fully saturated rings. The summed E-state index contributed by atoms with van der Waals surface area (Å²) < 4.78 is 0. The highest BCUT2D eigenvalue weighted by atomic mass is 15.4. The van der Waals surface area contributed by atoms with Crippen molar-refractivity contribution in [3.63, 3.8) is 0 Å². The van der Waals surface area contributed by atoms with E-state index in [9.17, 15) is 0 Å². The Kier molecular flexibility index (Phi) is 4.73. The molecule has 0 aliphatic carbocycles. The van der Waals surface area contributed by atoms with Crippen LogP contribution in [0.1, 0.15) is 25.6 Å². The first-order valence-corrected chi connectivity index (χ1v) is 8.24. The fraction of sp³-hybridized carbons (Fsp3) is 0.562. The Labute approximate surface area is 142 Å². The molecule has 1 aliphatic rings. The predicted molar refractivity (Wildman–Crippen MR) is 94.7 cm³/mol. The van der Waals surface area contributed by atoms with Gasteiger partial charge in [0, 0.05) is 58.6 Å². The molecule has 0 unspecified atom stereocenters. The highest BCUT2D eigenvalue weighted by Gasteiger charge is 2.22. The number of piperazine rings is 1. The molecule has 0 amide bonds. The fourth-order valence-corrected chi connectivity index (χ4v) is 2.56. The lowest BCUT2D eigenvalue weighted by molar-refractivity contribution is 0.625. The Morgan fingerprint density at radius 3 is 2.25 bits per heavy atom. The molecule has 1 aliphatic heterocycles. The molecule has 3 rings (SSSR count). The van der Waals surface area contributed by atoms with Gasteiger partial charge in [-0.25, -0.2) is 4.98 Å². The molecule has 128 valence electrons. The average molecular weight is 328 g/mol. The van der Waals surface area contributed by atoms with Crippen LogP contribution >= 0.6 is 0 Å². The number of hydrogen-bond acceptors (Lipinski definition) is 8. The SMILES string of the molecule is CC(C)c1nc(N(C)C)nc(N2CCN(c3cnccn3)CC2)n1. The van der Waals surface area contributed by atoms with Crippen molar-refractivity contribution in [2.24, 2.45) is 0 Å². The van der Waals surface area contributed by atoms with Gasteiger partial charge in [-0.15, -0.1) is 0 Å². The van der Waals surface area contributed by atoms with E-state index in [4.69, 9.17) is 0 Å². The first-order chi connectivity index (χ1) is 11.5. The van der Waals surface area contributed by atoms with Crippen molar-refractivity contribution in [1.82, 2.24) is 24.9 Å². The van der Waals surface area contributed by atoms with Crippen LogP contribution in [0.4, 0.5) is 17.7 Å². The van der Waals surface area contributed by atoms with Gasteiger partial charge in [0.1, 0.15) is 11.6 Å². The van der Waals surface area contributed by atoms with Crippen LogP contribution in [0, 0.1) is 0 Å². The highest BCUT2D eigenvalue weighted by molar-refractivity contribution is 5.43. The van der Waals surface area contributed by atoms with Crippen LogP contribution in [0.2, 0.25) is 0 Å². The van der Waals surface area contributed by atoms with Gasteiger partial charge in [0.2, 0.25) is 11.9 Å². The second-order valence-corrected chi connectivity index (χ2v) is 6.38. The highest BCUT2D eigenvalue weighted by Crippen LogP contribution is 2.20. The van der Waals surface area contributed by atoms with Gasteiger partial charge in [-0.3, -0.25) is 4.98 Å². The minimum absolute atomic E-state index is 0.270. The molecule has 0 bridgehead atoms. The summed E-state index contributed by atoms with van der Waals surface area (Å²) >= 11 is 0. The third kappa shape index (κ3) is 3.52. The molecule has 2 aromatic rings. The van der Waals surface area contributed by atoms with Gasteiger partial charge in [-0.1, -0.05) is 13.8 Å². The van der Waals surface area contributed by atoms with Crippen molar-refractivity contribution in [3.05, 3.63) is 24.4 Å². The molecule has 2 aromatic heterocycles. The third-order valence-corrected chi connectivity index (χ3v) is 3.98. The van der Waals surface area contributed by atoms with Gasteiger partial charge < -0.3 is 14.7 Å². The molecule has 3 heterocycles. The van der Waals surface area contributed by atoms with Crippen molar-refractivity contribution in [1.29, 1.82) is 0 Å². The fourth-order valence-electron chi connectivity index (χ4n) is 2.56. The Morgan fingerprint density at radius 2 is 1.67 bits per heavy atom. The smallest absolute Gasteiger partial charge is 0.230 e. The van der Waals surface area contributed by atoms with Crippen LogP contribution in [-0.4, -0.2) is 65.2 Å². The number of aromatic nitrogens is 5. The van der Waals surface area contributed by atoms with Crippen LogP contribution in [0.25, 0.3) is 0 Å². The number of hydrogen-bond donors (Lipinski definition) is 0. The lowest BCUT2D eigenvalue weighted by Crippen LogP contribution is -2.47. The van der Waals surface area contributed by atoms with Crippen molar-refractivity contribution < 1.29 is 0 Å². The van der Waals surface area contributed by atoms with Gasteiger partial charge in [-0.05, 0) is 0 Å². The van der Waals surface area contributed by atoms with Gasteiger partial charge in [0.25, 0.3) is 0 Å². The molecular formula is C16H24N8. The van der Waals surface area contributed by atoms with E-state index in [1.54, 1.807) is 18.6 Å². The zero-order chi connectivity index (χ0) is 17.1. The first kappa shape index (κ1) is 16.4. The van der Waals surface area contributed by atoms with Crippen LogP contribution in [0.5, 0.6) is 0 Å². The van der Waals surface area contributed by atoms with Gasteiger partial charge in [-0.2, -0.15) is 15.0 Å². The summed E-state index contributed by atoms with van der Waals surface area (Å²) in [6.45, 7) is 7.66. The Balaban J connectivity index is 1.76. The quantitative estimate of drug-likeness (QED) is 0.828. The Hall–Kier alpha value is -2.51. The van der Waals surface area contributed by atoms with Crippen molar-refractivity contribution in [3.8, 4) is 0 Å². The number of nitrogens with zero attached hydrogens (tertiary/aromatic N) is 8. The number of rotatable bonds is 4. The summed E-state index contributed by atoms with van der Waals surface area (Å²) in [5.41, 5.74) is 0. The van der Waals surface area contributed by atoms with E-state index < -0.39 is 0 Å². The molecule has 0 N–H and O–H groups in total. The van der Waals surface area contributed by atoms with Crippen molar-refractivity contribution >= 4 is 17.7 Å². The van der Waals surface area contributed by atoms with E-state index in [0.29, 0.717) is 5.95 Å². The molecule has 0 aromatic carbocycles. The van der Waals surface area contributed by atoms with Crippen LogP contribution in [-0.2, 0) is 0 Å². The van der Waals surface area contributed by atoms with E-state index in [-0.39, 0.29) is 5.92 Å². The summed E-state index contributed by atoms with van der Waals surface area (Å²) in [7, 11) is 3.91. The average Bonchev–Trinajstić information content (AvgIpc) is 2.62. The molecule has 0 radical (unpaired) electrons.